The molecule has 4 amide bonds. The molecular formula is C27H25N5O8S. The van der Waals surface area contributed by atoms with Crippen LogP contribution in [0.1, 0.15) is 29.3 Å². The van der Waals surface area contributed by atoms with E-state index in [4.69, 9.17) is 5.14 Å². The lowest BCUT2D eigenvalue weighted by molar-refractivity contribution is -0.384. The maximum Gasteiger partial charge on any atom is 0.269 e. The lowest BCUT2D eigenvalue weighted by atomic mass is 10.1. The van der Waals surface area contributed by atoms with Gasteiger partial charge in [0.1, 0.15) is 6.04 Å². The summed E-state index contributed by atoms with van der Waals surface area (Å²) < 4.78 is 23.1. The molecule has 1 saturated heterocycles. The quantitative estimate of drug-likeness (QED) is 0.219. The molecule has 41 heavy (non-hydrogen) atoms. The van der Waals surface area contributed by atoms with E-state index in [-0.39, 0.29) is 47.1 Å². The number of nitro groups is 1. The van der Waals surface area contributed by atoms with Gasteiger partial charge in [0, 0.05) is 36.9 Å². The Kier molecular flexibility index (Phi) is 8.26. The van der Waals surface area contributed by atoms with Crippen LogP contribution in [0.25, 0.3) is 0 Å². The van der Waals surface area contributed by atoms with E-state index in [1.807, 2.05) is 0 Å². The van der Waals surface area contributed by atoms with Crippen LogP contribution >= 0.6 is 0 Å². The highest BCUT2D eigenvalue weighted by Crippen LogP contribution is 2.28. The minimum Gasteiger partial charge on any atom is -0.326 e. The molecule has 0 spiro atoms. The standard InChI is InChI=1S/C27H25N5O8S/c1-17(33)29-20-6-10-21(11-7-20)31-25(34)16-24(27(31)36)30(26(35)19-4-8-22(9-5-19)32(37)38)15-14-18-2-12-23(13-3-18)41(28,39)40/h2-13,24H,14-16H2,1H3,(H,29,33)(H2,28,39,40). The predicted octanol–water partition coefficient (Wildman–Crippen LogP) is 2.22. The monoisotopic (exact) mass is 579 g/mol. The first kappa shape index (κ1) is 29.0. The maximum atomic E-state index is 13.6. The number of nitro benzene ring substituents is 1. The Balaban J connectivity index is 1.62. The molecule has 3 aromatic carbocycles. The van der Waals surface area contributed by atoms with Crippen LogP contribution in [-0.4, -0.2) is 54.5 Å². The molecule has 4 rings (SSSR count). The predicted molar refractivity (Wildman–Crippen MR) is 147 cm³/mol. The molecule has 3 N–H and O–H groups in total. The van der Waals surface area contributed by atoms with Gasteiger partial charge < -0.3 is 10.2 Å². The van der Waals surface area contributed by atoms with E-state index in [1.54, 1.807) is 0 Å². The molecule has 14 heteroatoms. The van der Waals surface area contributed by atoms with Gasteiger partial charge in [0.05, 0.1) is 21.9 Å². The zero-order valence-corrected chi connectivity index (χ0v) is 22.5. The molecule has 1 aliphatic rings. The molecular weight excluding hydrogens is 554 g/mol. The van der Waals surface area contributed by atoms with Crippen LogP contribution in [0.15, 0.2) is 77.7 Å². The lowest BCUT2D eigenvalue weighted by Gasteiger charge is -2.28. The van der Waals surface area contributed by atoms with Gasteiger partial charge in [-0.2, -0.15) is 0 Å². The highest BCUT2D eigenvalue weighted by atomic mass is 32.2. The number of hydrogen-bond donors (Lipinski definition) is 2. The van der Waals surface area contributed by atoms with E-state index in [1.165, 1.54) is 84.6 Å². The van der Waals surface area contributed by atoms with Crippen LogP contribution in [0.2, 0.25) is 0 Å². The number of sulfonamides is 1. The lowest BCUT2D eigenvalue weighted by Crippen LogP contribution is -2.46. The van der Waals surface area contributed by atoms with Gasteiger partial charge in [0.15, 0.2) is 0 Å². The summed E-state index contributed by atoms with van der Waals surface area (Å²) in [6.45, 7) is 1.32. The van der Waals surface area contributed by atoms with Crippen molar-refractivity contribution in [1.29, 1.82) is 0 Å². The molecule has 212 valence electrons. The van der Waals surface area contributed by atoms with Crippen molar-refractivity contribution < 1.29 is 32.5 Å². The third-order valence-corrected chi connectivity index (χ3v) is 7.35. The highest BCUT2D eigenvalue weighted by Gasteiger charge is 2.44. The van der Waals surface area contributed by atoms with Crippen molar-refractivity contribution in [3.63, 3.8) is 0 Å². The summed E-state index contributed by atoms with van der Waals surface area (Å²) in [7, 11) is -3.90. The van der Waals surface area contributed by atoms with Crippen LogP contribution in [0.5, 0.6) is 0 Å². The first-order chi connectivity index (χ1) is 19.3. The molecule has 1 aliphatic heterocycles. The third-order valence-electron chi connectivity index (χ3n) is 6.42. The zero-order chi connectivity index (χ0) is 29.9. The number of carbonyl (C=O) groups excluding carboxylic acids is 4. The van der Waals surface area contributed by atoms with E-state index in [2.05, 4.69) is 5.32 Å². The number of carbonyl (C=O) groups is 4. The van der Waals surface area contributed by atoms with E-state index >= 15 is 0 Å². The first-order valence-corrected chi connectivity index (χ1v) is 13.8. The smallest absolute Gasteiger partial charge is 0.269 e. The van der Waals surface area contributed by atoms with Crippen LogP contribution in [-0.2, 0) is 30.8 Å². The van der Waals surface area contributed by atoms with Crippen molar-refractivity contribution in [2.75, 3.05) is 16.8 Å². The zero-order valence-electron chi connectivity index (χ0n) is 21.7. The average molecular weight is 580 g/mol. The van der Waals surface area contributed by atoms with Crippen LogP contribution in [0, 0.1) is 10.1 Å². The molecule has 0 radical (unpaired) electrons. The number of amides is 4. The number of anilines is 2. The number of rotatable bonds is 9. The van der Waals surface area contributed by atoms with E-state index in [0.717, 1.165) is 4.90 Å². The van der Waals surface area contributed by atoms with Gasteiger partial charge in [0.25, 0.3) is 17.5 Å². The summed E-state index contributed by atoms with van der Waals surface area (Å²) in [6, 6.07) is 15.5. The van der Waals surface area contributed by atoms with Gasteiger partial charge in [-0.15, -0.1) is 0 Å². The van der Waals surface area contributed by atoms with Gasteiger partial charge >= 0.3 is 0 Å². The molecule has 1 heterocycles. The number of non-ortho nitro benzene ring substituents is 1. The highest BCUT2D eigenvalue weighted by molar-refractivity contribution is 7.89. The number of nitrogens with one attached hydrogen (secondary N) is 1. The van der Waals surface area contributed by atoms with Crippen LogP contribution in [0.4, 0.5) is 17.1 Å². The fourth-order valence-corrected chi connectivity index (χ4v) is 4.93. The number of imide groups is 1. The Morgan fingerprint density at radius 3 is 2.17 bits per heavy atom. The minimum absolute atomic E-state index is 0.0243. The minimum atomic E-state index is -3.90. The number of nitrogens with two attached hydrogens (primary N) is 1. The molecule has 0 bridgehead atoms. The summed E-state index contributed by atoms with van der Waals surface area (Å²) in [4.78, 5) is 64.0. The fourth-order valence-electron chi connectivity index (χ4n) is 4.41. The van der Waals surface area contributed by atoms with Gasteiger partial charge in [-0.3, -0.25) is 29.3 Å². The molecule has 13 nitrogen and oxygen atoms in total. The van der Waals surface area contributed by atoms with Crippen molar-refractivity contribution in [3.05, 3.63) is 94.0 Å². The molecule has 3 aromatic rings. The largest absolute Gasteiger partial charge is 0.326 e. The SMILES string of the molecule is CC(=O)Nc1ccc(N2C(=O)CC(N(CCc3ccc(S(N)(=O)=O)cc3)C(=O)c3ccc([N+](=O)[O-])cc3)C2=O)cc1. The summed E-state index contributed by atoms with van der Waals surface area (Å²) in [5, 5.41) is 18.8. The van der Waals surface area contributed by atoms with Crippen molar-refractivity contribution >= 4 is 50.7 Å². The van der Waals surface area contributed by atoms with Crippen LogP contribution in [0.3, 0.4) is 0 Å². The van der Waals surface area contributed by atoms with Crippen molar-refractivity contribution in [1.82, 2.24) is 4.90 Å². The second-order valence-electron chi connectivity index (χ2n) is 9.26. The molecule has 1 atom stereocenters. The van der Waals surface area contributed by atoms with Crippen molar-refractivity contribution in [2.45, 2.75) is 30.7 Å². The van der Waals surface area contributed by atoms with E-state index < -0.39 is 38.7 Å². The van der Waals surface area contributed by atoms with Crippen molar-refractivity contribution in [2.24, 2.45) is 5.14 Å². The van der Waals surface area contributed by atoms with Gasteiger partial charge in [0.2, 0.25) is 21.8 Å². The number of benzene rings is 3. The Bertz CT molecular complexity index is 1620. The van der Waals surface area contributed by atoms with E-state index in [9.17, 15) is 37.7 Å². The summed E-state index contributed by atoms with van der Waals surface area (Å²) in [5.41, 5.74) is 1.24. The fraction of sp³-hybridized carbons (Fsp3) is 0.185. The Hall–Kier alpha value is -4.95. The van der Waals surface area contributed by atoms with Gasteiger partial charge in [-0.25, -0.2) is 18.5 Å². The molecule has 0 saturated carbocycles. The number of primary sulfonamides is 1. The normalized spacial score (nSPS) is 15.1. The van der Waals surface area contributed by atoms with Crippen molar-refractivity contribution in [3.8, 4) is 0 Å². The van der Waals surface area contributed by atoms with Gasteiger partial charge in [-0.1, -0.05) is 12.1 Å². The second-order valence-corrected chi connectivity index (χ2v) is 10.8. The summed E-state index contributed by atoms with van der Waals surface area (Å²) in [6.07, 6.45) is -0.0949. The topological polar surface area (TPSA) is 190 Å². The van der Waals surface area contributed by atoms with E-state index in [0.29, 0.717) is 11.3 Å². The summed E-state index contributed by atoms with van der Waals surface area (Å²) >= 11 is 0. The second kappa shape index (κ2) is 11.7. The molecule has 1 unspecified atom stereocenters. The Labute approximate surface area is 234 Å². The summed E-state index contributed by atoms with van der Waals surface area (Å²) in [5.74, 6) is -2.07. The molecule has 0 aliphatic carbocycles. The number of nitrogens with zero attached hydrogens (tertiary/aromatic N) is 3. The molecule has 1 fully saturated rings. The average Bonchev–Trinajstić information content (AvgIpc) is 3.22. The van der Waals surface area contributed by atoms with Crippen LogP contribution < -0.4 is 15.4 Å². The molecule has 0 aromatic heterocycles. The third kappa shape index (κ3) is 6.62. The first-order valence-electron chi connectivity index (χ1n) is 12.3. The van der Waals surface area contributed by atoms with Gasteiger partial charge in [-0.05, 0) is 60.5 Å². The Morgan fingerprint density at radius 1 is 1.02 bits per heavy atom. The Morgan fingerprint density at radius 2 is 1.63 bits per heavy atom. The maximum absolute atomic E-state index is 13.6. The number of hydrogen-bond acceptors (Lipinski definition) is 8.